The molecular formula is C19H22BrNO3. The number of hydrogen-bond donors (Lipinski definition) is 1. The first kappa shape index (κ1) is 18.3. The zero-order valence-corrected chi connectivity index (χ0v) is 15.8. The lowest BCUT2D eigenvalue weighted by molar-refractivity contribution is 0.102. The summed E-state index contributed by atoms with van der Waals surface area (Å²) in [7, 11) is 0. The average Bonchev–Trinajstić information content (AvgIpc) is 2.56. The molecule has 0 aliphatic carbocycles. The van der Waals surface area contributed by atoms with Gasteiger partial charge in [0.15, 0.2) is 11.5 Å². The fourth-order valence-electron chi connectivity index (χ4n) is 2.21. The van der Waals surface area contributed by atoms with Crippen LogP contribution in [-0.2, 0) is 0 Å². The van der Waals surface area contributed by atoms with Crippen LogP contribution in [0.5, 0.6) is 11.5 Å². The average molecular weight is 392 g/mol. The Morgan fingerprint density at radius 2 is 1.88 bits per heavy atom. The molecule has 2 aromatic rings. The molecule has 24 heavy (non-hydrogen) atoms. The molecule has 0 spiro atoms. The molecule has 0 aliphatic heterocycles. The van der Waals surface area contributed by atoms with Crippen molar-refractivity contribution in [2.45, 2.75) is 27.2 Å². The van der Waals surface area contributed by atoms with Crippen LogP contribution in [0.25, 0.3) is 0 Å². The number of carbonyl (C=O) groups is 1. The number of ether oxygens (including phenoxy) is 2. The smallest absolute Gasteiger partial charge is 0.255 e. The second-order valence-electron chi connectivity index (χ2n) is 5.36. The molecule has 5 heteroatoms. The Labute approximate surface area is 151 Å². The normalized spacial score (nSPS) is 10.3. The van der Waals surface area contributed by atoms with Gasteiger partial charge < -0.3 is 14.8 Å². The molecule has 4 nitrogen and oxygen atoms in total. The molecule has 1 N–H and O–H groups in total. The van der Waals surface area contributed by atoms with Crippen LogP contribution in [0.4, 0.5) is 5.69 Å². The zero-order valence-electron chi connectivity index (χ0n) is 14.2. The van der Waals surface area contributed by atoms with Gasteiger partial charge in [-0.1, -0.05) is 22.9 Å². The van der Waals surface area contributed by atoms with Gasteiger partial charge in [0.25, 0.3) is 5.91 Å². The largest absolute Gasteiger partial charge is 0.490 e. The topological polar surface area (TPSA) is 47.6 Å². The van der Waals surface area contributed by atoms with E-state index in [0.717, 1.165) is 22.1 Å². The first-order valence-electron chi connectivity index (χ1n) is 8.02. The Morgan fingerprint density at radius 3 is 2.54 bits per heavy atom. The Hall–Kier alpha value is -2.01. The summed E-state index contributed by atoms with van der Waals surface area (Å²) >= 11 is 3.42. The number of hydrogen-bond acceptors (Lipinski definition) is 3. The molecule has 0 fully saturated rings. The summed E-state index contributed by atoms with van der Waals surface area (Å²) in [4.78, 5) is 12.5. The molecular weight excluding hydrogens is 370 g/mol. The van der Waals surface area contributed by atoms with Gasteiger partial charge in [-0.25, -0.2) is 0 Å². The third-order valence-electron chi connectivity index (χ3n) is 3.40. The highest BCUT2D eigenvalue weighted by Gasteiger charge is 2.13. The third kappa shape index (κ3) is 4.74. The van der Waals surface area contributed by atoms with Crippen molar-refractivity contribution in [2.75, 3.05) is 18.5 Å². The van der Waals surface area contributed by atoms with Gasteiger partial charge in [-0.15, -0.1) is 0 Å². The zero-order chi connectivity index (χ0) is 17.5. The second kappa shape index (κ2) is 8.73. The van der Waals surface area contributed by atoms with Crippen LogP contribution in [0.15, 0.2) is 40.9 Å². The molecule has 0 aromatic heterocycles. The summed E-state index contributed by atoms with van der Waals surface area (Å²) in [6, 6.07) is 11.0. The summed E-state index contributed by atoms with van der Waals surface area (Å²) in [6.07, 6.45) is 0.913. The molecule has 0 saturated heterocycles. The van der Waals surface area contributed by atoms with E-state index in [1.54, 1.807) is 18.2 Å². The van der Waals surface area contributed by atoms with E-state index in [-0.39, 0.29) is 5.91 Å². The van der Waals surface area contributed by atoms with Crippen molar-refractivity contribution in [3.05, 3.63) is 52.0 Å². The van der Waals surface area contributed by atoms with Gasteiger partial charge in [-0.2, -0.15) is 0 Å². The Balaban J connectivity index is 2.20. The van der Waals surface area contributed by atoms with E-state index in [9.17, 15) is 4.79 Å². The highest BCUT2D eigenvalue weighted by Crippen LogP contribution is 2.29. The fraction of sp³-hybridized carbons (Fsp3) is 0.316. The summed E-state index contributed by atoms with van der Waals surface area (Å²) < 4.78 is 12.2. The van der Waals surface area contributed by atoms with Crippen LogP contribution < -0.4 is 14.8 Å². The van der Waals surface area contributed by atoms with Gasteiger partial charge in [-0.05, 0) is 62.2 Å². The molecule has 0 bridgehead atoms. The minimum atomic E-state index is -0.177. The van der Waals surface area contributed by atoms with Crippen molar-refractivity contribution in [3.8, 4) is 11.5 Å². The Bertz CT molecular complexity index is 716. The van der Waals surface area contributed by atoms with Crippen molar-refractivity contribution in [1.29, 1.82) is 0 Å². The van der Waals surface area contributed by atoms with E-state index in [1.165, 1.54) is 0 Å². The lowest BCUT2D eigenvalue weighted by Gasteiger charge is -2.13. The molecule has 128 valence electrons. The van der Waals surface area contributed by atoms with Gasteiger partial charge in [0.1, 0.15) is 0 Å². The second-order valence-corrected chi connectivity index (χ2v) is 6.27. The van der Waals surface area contributed by atoms with Gasteiger partial charge >= 0.3 is 0 Å². The van der Waals surface area contributed by atoms with Crippen LogP contribution in [0.3, 0.4) is 0 Å². The number of halogens is 1. The summed E-state index contributed by atoms with van der Waals surface area (Å²) in [6.45, 7) is 7.03. The predicted octanol–water partition coefficient (Wildman–Crippen LogP) is 5.20. The van der Waals surface area contributed by atoms with E-state index in [4.69, 9.17) is 9.47 Å². The Kier molecular flexibility index (Phi) is 6.67. The highest BCUT2D eigenvalue weighted by molar-refractivity contribution is 9.10. The Morgan fingerprint density at radius 1 is 1.08 bits per heavy atom. The number of carbonyl (C=O) groups excluding carboxylic acids is 1. The lowest BCUT2D eigenvalue weighted by Crippen LogP contribution is -2.13. The van der Waals surface area contributed by atoms with Crippen LogP contribution in [0, 0.1) is 6.92 Å². The predicted molar refractivity (Wildman–Crippen MR) is 100 cm³/mol. The van der Waals surface area contributed by atoms with Crippen molar-refractivity contribution >= 4 is 27.5 Å². The maximum absolute atomic E-state index is 12.5. The van der Waals surface area contributed by atoms with Crippen molar-refractivity contribution in [1.82, 2.24) is 0 Å². The summed E-state index contributed by atoms with van der Waals surface area (Å²) in [5.74, 6) is 1.07. The molecule has 0 atom stereocenters. The molecule has 0 radical (unpaired) electrons. The van der Waals surface area contributed by atoms with Crippen molar-refractivity contribution in [2.24, 2.45) is 0 Å². The molecule has 2 aromatic carbocycles. The van der Waals surface area contributed by atoms with E-state index < -0.39 is 0 Å². The standard InChI is InChI=1S/C19H22BrNO3/c1-4-10-24-17-9-6-14(12-18(17)23-5-2)19(22)21-16-8-7-15(20)11-13(16)3/h6-9,11-12H,4-5,10H2,1-3H3,(H,21,22). The van der Waals surface area contributed by atoms with Crippen LogP contribution in [0.1, 0.15) is 36.2 Å². The van der Waals surface area contributed by atoms with Crippen LogP contribution in [-0.4, -0.2) is 19.1 Å². The van der Waals surface area contributed by atoms with Gasteiger partial charge in [0.2, 0.25) is 0 Å². The first-order chi connectivity index (χ1) is 11.5. The molecule has 0 unspecified atom stereocenters. The van der Waals surface area contributed by atoms with Crippen molar-refractivity contribution in [3.63, 3.8) is 0 Å². The monoisotopic (exact) mass is 391 g/mol. The van der Waals surface area contributed by atoms with E-state index in [1.807, 2.05) is 39.0 Å². The molecule has 2 rings (SSSR count). The van der Waals surface area contributed by atoms with E-state index in [0.29, 0.717) is 30.3 Å². The molecule has 1 amide bonds. The molecule has 0 heterocycles. The van der Waals surface area contributed by atoms with Gasteiger partial charge in [0.05, 0.1) is 13.2 Å². The maximum atomic E-state index is 12.5. The van der Waals surface area contributed by atoms with Gasteiger partial charge in [-0.3, -0.25) is 4.79 Å². The van der Waals surface area contributed by atoms with Crippen LogP contribution >= 0.6 is 15.9 Å². The maximum Gasteiger partial charge on any atom is 0.255 e. The SMILES string of the molecule is CCCOc1ccc(C(=O)Nc2ccc(Br)cc2C)cc1OCC. The first-order valence-corrected chi connectivity index (χ1v) is 8.81. The minimum Gasteiger partial charge on any atom is -0.490 e. The number of aryl methyl sites for hydroxylation is 1. The molecule has 0 saturated carbocycles. The summed E-state index contributed by atoms with van der Waals surface area (Å²) in [5, 5.41) is 2.93. The minimum absolute atomic E-state index is 0.177. The fourth-order valence-corrected chi connectivity index (χ4v) is 2.69. The number of rotatable bonds is 7. The highest BCUT2D eigenvalue weighted by atomic mass is 79.9. The number of nitrogens with one attached hydrogen (secondary N) is 1. The van der Waals surface area contributed by atoms with Crippen molar-refractivity contribution < 1.29 is 14.3 Å². The van der Waals surface area contributed by atoms with E-state index >= 15 is 0 Å². The van der Waals surface area contributed by atoms with Crippen LogP contribution in [0.2, 0.25) is 0 Å². The number of anilines is 1. The number of benzene rings is 2. The third-order valence-corrected chi connectivity index (χ3v) is 3.90. The summed E-state index contributed by atoms with van der Waals surface area (Å²) in [5.41, 5.74) is 2.31. The van der Waals surface area contributed by atoms with E-state index in [2.05, 4.69) is 21.2 Å². The van der Waals surface area contributed by atoms with Gasteiger partial charge in [0, 0.05) is 15.7 Å². The molecule has 0 aliphatic rings. The quantitative estimate of drug-likeness (QED) is 0.705. The lowest BCUT2D eigenvalue weighted by atomic mass is 10.1. The number of amides is 1.